The van der Waals surface area contributed by atoms with Gasteiger partial charge in [-0.1, -0.05) is 18.9 Å². The van der Waals surface area contributed by atoms with Crippen LogP contribution in [-0.4, -0.2) is 25.3 Å². The van der Waals surface area contributed by atoms with Gasteiger partial charge in [0.25, 0.3) is 0 Å². The average Bonchev–Trinajstić information content (AvgIpc) is 3.15. The van der Waals surface area contributed by atoms with Gasteiger partial charge in [-0.05, 0) is 37.5 Å². The Morgan fingerprint density at radius 2 is 2.05 bits per heavy atom. The second-order valence-corrected chi connectivity index (χ2v) is 5.76. The van der Waals surface area contributed by atoms with Crippen LogP contribution in [0.4, 0.5) is 0 Å². The molecule has 0 bridgehead atoms. The summed E-state index contributed by atoms with van der Waals surface area (Å²) in [6.07, 6.45) is 4.91. The Labute approximate surface area is 125 Å². The van der Waals surface area contributed by atoms with E-state index in [0.717, 1.165) is 17.1 Å². The molecule has 0 spiro atoms. The minimum atomic E-state index is -0.0441. The number of hydrogen-bond donors (Lipinski definition) is 2. The number of carbonyl (C=O) groups excluding carboxylic acids is 1. The van der Waals surface area contributed by atoms with Gasteiger partial charge in [0.05, 0.1) is 12.6 Å². The quantitative estimate of drug-likeness (QED) is 0.872. The Hall–Kier alpha value is -1.75. The number of amides is 1. The molecule has 1 aromatic carbocycles. The zero-order valence-corrected chi connectivity index (χ0v) is 12.4. The van der Waals surface area contributed by atoms with E-state index in [9.17, 15) is 4.79 Å². The molecule has 0 saturated heterocycles. The van der Waals surface area contributed by atoms with Crippen molar-refractivity contribution in [3.8, 4) is 11.5 Å². The molecule has 2 aliphatic rings. The molecule has 5 nitrogen and oxygen atoms in total. The molecule has 5 heteroatoms. The van der Waals surface area contributed by atoms with Crippen molar-refractivity contribution in [1.29, 1.82) is 0 Å². The van der Waals surface area contributed by atoms with Crippen LogP contribution in [0, 0.1) is 0 Å². The Morgan fingerprint density at radius 3 is 2.86 bits per heavy atom. The second-order valence-electron chi connectivity index (χ2n) is 5.76. The molecular weight excluding hydrogens is 268 g/mol. The van der Waals surface area contributed by atoms with Gasteiger partial charge in [0, 0.05) is 6.04 Å². The molecule has 1 saturated carbocycles. The predicted octanol–water partition coefficient (Wildman–Crippen LogP) is 2.12. The smallest absolute Gasteiger partial charge is 0.234 e. The number of fused-ring (bicyclic) bond motifs is 1. The lowest BCUT2D eigenvalue weighted by molar-refractivity contribution is -0.121. The maximum absolute atomic E-state index is 12.0. The van der Waals surface area contributed by atoms with Gasteiger partial charge in [0.2, 0.25) is 12.7 Å². The van der Waals surface area contributed by atoms with E-state index in [-0.39, 0.29) is 18.7 Å². The van der Waals surface area contributed by atoms with E-state index in [1.165, 1.54) is 25.7 Å². The number of hydrogen-bond acceptors (Lipinski definition) is 4. The lowest BCUT2D eigenvalue weighted by atomic mass is 10.1. The molecule has 0 radical (unpaired) electrons. The van der Waals surface area contributed by atoms with Crippen molar-refractivity contribution in [2.24, 2.45) is 0 Å². The summed E-state index contributed by atoms with van der Waals surface area (Å²) in [5, 5.41) is 6.34. The summed E-state index contributed by atoms with van der Waals surface area (Å²) in [6, 6.07) is 6.24. The monoisotopic (exact) mass is 290 g/mol. The van der Waals surface area contributed by atoms with Crippen molar-refractivity contribution in [2.45, 2.75) is 44.7 Å². The zero-order valence-electron chi connectivity index (χ0n) is 12.4. The molecule has 1 aliphatic heterocycles. The number of carbonyl (C=O) groups is 1. The molecule has 3 rings (SSSR count). The third kappa shape index (κ3) is 3.47. The zero-order chi connectivity index (χ0) is 14.7. The molecular formula is C16H22N2O3. The third-order valence-electron chi connectivity index (χ3n) is 4.18. The van der Waals surface area contributed by atoms with E-state index < -0.39 is 0 Å². The average molecular weight is 290 g/mol. The summed E-state index contributed by atoms with van der Waals surface area (Å²) in [5.74, 6) is 1.55. The van der Waals surface area contributed by atoms with Crippen LogP contribution in [0.25, 0.3) is 0 Å². The van der Waals surface area contributed by atoms with Crippen LogP contribution in [0.5, 0.6) is 11.5 Å². The van der Waals surface area contributed by atoms with E-state index >= 15 is 0 Å². The van der Waals surface area contributed by atoms with Crippen LogP contribution in [-0.2, 0) is 4.79 Å². The highest BCUT2D eigenvalue weighted by molar-refractivity contribution is 5.78. The molecule has 1 heterocycles. The van der Waals surface area contributed by atoms with Crippen LogP contribution in [0.2, 0.25) is 0 Å². The molecule has 0 aromatic heterocycles. The van der Waals surface area contributed by atoms with Gasteiger partial charge >= 0.3 is 0 Å². The van der Waals surface area contributed by atoms with Gasteiger partial charge in [-0.15, -0.1) is 0 Å². The van der Waals surface area contributed by atoms with Gasteiger partial charge in [-0.3, -0.25) is 4.79 Å². The predicted molar refractivity (Wildman–Crippen MR) is 79.4 cm³/mol. The number of nitrogens with one attached hydrogen (secondary N) is 2. The number of ether oxygens (including phenoxy) is 2. The minimum absolute atomic E-state index is 0.0343. The summed E-state index contributed by atoms with van der Waals surface area (Å²) in [7, 11) is 0. The molecule has 1 aliphatic carbocycles. The Balaban J connectivity index is 1.50. The fourth-order valence-corrected chi connectivity index (χ4v) is 2.93. The first-order chi connectivity index (χ1) is 10.2. The minimum Gasteiger partial charge on any atom is -0.454 e. The topological polar surface area (TPSA) is 59.6 Å². The molecule has 1 amide bonds. The van der Waals surface area contributed by atoms with Crippen LogP contribution in [0.3, 0.4) is 0 Å². The molecule has 114 valence electrons. The summed E-state index contributed by atoms with van der Waals surface area (Å²) in [5.41, 5.74) is 1.02. The van der Waals surface area contributed by atoms with E-state index in [2.05, 4.69) is 10.6 Å². The van der Waals surface area contributed by atoms with E-state index in [1.54, 1.807) is 0 Å². The number of benzene rings is 1. The van der Waals surface area contributed by atoms with Crippen molar-refractivity contribution < 1.29 is 14.3 Å². The summed E-state index contributed by atoms with van der Waals surface area (Å²) in [4.78, 5) is 12.0. The summed E-state index contributed by atoms with van der Waals surface area (Å²) >= 11 is 0. The molecule has 2 N–H and O–H groups in total. The lowest BCUT2D eigenvalue weighted by Crippen LogP contribution is -2.39. The molecule has 21 heavy (non-hydrogen) atoms. The van der Waals surface area contributed by atoms with Crippen molar-refractivity contribution in [3.05, 3.63) is 23.8 Å². The van der Waals surface area contributed by atoms with Gasteiger partial charge in [0.15, 0.2) is 11.5 Å². The SMILES string of the molecule is CC(NC(=O)CNC1CCCC1)c1ccc2c(c1)OCO2. The normalized spacial score (nSPS) is 18.7. The maximum atomic E-state index is 12.0. The Kier molecular flexibility index (Phi) is 4.29. The van der Waals surface area contributed by atoms with Gasteiger partial charge in [-0.25, -0.2) is 0 Å². The first kappa shape index (κ1) is 14.2. The van der Waals surface area contributed by atoms with Crippen molar-refractivity contribution in [1.82, 2.24) is 10.6 Å². The van der Waals surface area contributed by atoms with Crippen LogP contribution >= 0.6 is 0 Å². The second kappa shape index (κ2) is 6.35. The van der Waals surface area contributed by atoms with E-state index in [1.807, 2.05) is 25.1 Å². The molecule has 1 fully saturated rings. The summed E-state index contributed by atoms with van der Waals surface area (Å²) < 4.78 is 10.7. The third-order valence-corrected chi connectivity index (χ3v) is 4.18. The van der Waals surface area contributed by atoms with Gasteiger partial charge in [0.1, 0.15) is 0 Å². The molecule has 1 unspecified atom stereocenters. The number of rotatable bonds is 5. The Bertz CT molecular complexity index is 512. The first-order valence-electron chi connectivity index (χ1n) is 7.64. The van der Waals surface area contributed by atoms with Crippen molar-refractivity contribution >= 4 is 5.91 Å². The molecule has 1 aromatic rings. The van der Waals surface area contributed by atoms with Crippen molar-refractivity contribution in [2.75, 3.05) is 13.3 Å². The van der Waals surface area contributed by atoms with Crippen molar-refractivity contribution in [3.63, 3.8) is 0 Å². The largest absolute Gasteiger partial charge is 0.454 e. The van der Waals surface area contributed by atoms with E-state index in [4.69, 9.17) is 9.47 Å². The summed E-state index contributed by atoms with van der Waals surface area (Å²) in [6.45, 7) is 2.63. The van der Waals surface area contributed by atoms with Crippen LogP contribution in [0.1, 0.15) is 44.2 Å². The van der Waals surface area contributed by atoms with E-state index in [0.29, 0.717) is 12.6 Å². The van der Waals surface area contributed by atoms with Crippen LogP contribution < -0.4 is 20.1 Å². The fraction of sp³-hybridized carbons (Fsp3) is 0.562. The maximum Gasteiger partial charge on any atom is 0.234 e. The Morgan fingerprint density at radius 1 is 1.29 bits per heavy atom. The lowest BCUT2D eigenvalue weighted by Gasteiger charge is -2.16. The molecule has 1 atom stereocenters. The first-order valence-corrected chi connectivity index (χ1v) is 7.64. The van der Waals surface area contributed by atoms with Gasteiger partial charge in [-0.2, -0.15) is 0 Å². The highest BCUT2D eigenvalue weighted by Crippen LogP contribution is 2.34. The van der Waals surface area contributed by atoms with Gasteiger partial charge < -0.3 is 20.1 Å². The van der Waals surface area contributed by atoms with Crippen LogP contribution in [0.15, 0.2) is 18.2 Å². The highest BCUT2D eigenvalue weighted by atomic mass is 16.7. The highest BCUT2D eigenvalue weighted by Gasteiger charge is 2.18. The fourth-order valence-electron chi connectivity index (χ4n) is 2.93. The standard InChI is InChI=1S/C16H22N2O3/c1-11(12-6-7-14-15(8-12)21-10-20-14)18-16(19)9-17-13-4-2-3-5-13/h6-8,11,13,17H,2-5,9-10H2,1H3,(H,18,19).